The molecule has 0 bridgehead atoms. The molecular formula is C8H6F4O4. The van der Waals surface area contributed by atoms with Crippen LogP contribution in [0.5, 0.6) is 5.75 Å². The van der Waals surface area contributed by atoms with Gasteiger partial charge in [-0.3, -0.25) is 4.94 Å². The summed E-state index contributed by atoms with van der Waals surface area (Å²) in [6.45, 7) is 1.54. The van der Waals surface area contributed by atoms with Crippen LogP contribution >= 0.6 is 0 Å². The van der Waals surface area contributed by atoms with Gasteiger partial charge in [-0.05, 0) is 38.2 Å². The van der Waals surface area contributed by atoms with Gasteiger partial charge >= 0.3 is 5.97 Å². The lowest BCUT2D eigenvalue weighted by atomic mass is 10.1. The molecule has 0 atom stereocenters. The van der Waals surface area contributed by atoms with Crippen molar-refractivity contribution < 1.29 is 37.9 Å². The van der Waals surface area contributed by atoms with E-state index in [0.717, 1.165) is 12.1 Å². The fourth-order valence-corrected chi connectivity index (χ4v) is 1.11. The highest BCUT2D eigenvalue weighted by molar-refractivity contribution is 5.38. The molecule has 0 N–H and O–H groups in total. The van der Waals surface area contributed by atoms with Gasteiger partial charge < -0.3 is 0 Å². The summed E-state index contributed by atoms with van der Waals surface area (Å²) in [6.07, 6.45) is 0. The van der Waals surface area contributed by atoms with Gasteiger partial charge in [0, 0.05) is 4.53 Å². The molecule has 0 aromatic heterocycles. The Morgan fingerprint density at radius 2 is 1.56 bits per heavy atom. The number of halogens is 4. The van der Waals surface area contributed by atoms with Gasteiger partial charge in [-0.2, -0.15) is 0 Å². The Balaban J connectivity index is 3.28. The van der Waals surface area contributed by atoms with Crippen molar-refractivity contribution in [3.05, 3.63) is 29.3 Å². The summed E-state index contributed by atoms with van der Waals surface area (Å²) in [5.41, 5.74) is -0.310. The molecule has 0 aliphatic heterocycles. The molecule has 1 aromatic carbocycles. The predicted molar refractivity (Wildman–Crippen MR) is 41.2 cm³/mol. The first kappa shape index (κ1) is 12.7. The monoisotopic (exact) mass is 242 g/mol. The highest BCUT2D eigenvalue weighted by atomic mass is 19.3. The van der Waals surface area contributed by atoms with Crippen molar-refractivity contribution in [2.75, 3.05) is 0 Å². The van der Waals surface area contributed by atoms with E-state index in [4.69, 9.17) is 0 Å². The second kappa shape index (κ2) is 5.10. The van der Waals surface area contributed by atoms with Crippen LogP contribution in [0.3, 0.4) is 0 Å². The van der Waals surface area contributed by atoms with Crippen LogP contribution in [0.25, 0.3) is 0 Å². The van der Waals surface area contributed by atoms with Crippen LogP contribution in [-0.4, -0.2) is 0 Å². The molecule has 0 unspecified atom stereocenters. The van der Waals surface area contributed by atoms with E-state index in [1.54, 1.807) is 0 Å². The van der Waals surface area contributed by atoms with E-state index in [0.29, 0.717) is 5.56 Å². The van der Waals surface area contributed by atoms with Crippen molar-refractivity contribution in [3.63, 3.8) is 0 Å². The second-order valence-electron chi connectivity index (χ2n) is 2.86. The Labute approximate surface area is 86.9 Å². The van der Waals surface area contributed by atoms with Gasteiger partial charge in [0.25, 0.3) is 0 Å². The molecule has 0 saturated heterocycles. The van der Waals surface area contributed by atoms with E-state index in [9.17, 15) is 18.1 Å². The highest BCUT2D eigenvalue weighted by Crippen LogP contribution is 2.37. The van der Waals surface area contributed by atoms with Crippen LogP contribution in [0.2, 0.25) is 0 Å². The molecule has 90 valence electrons. The van der Waals surface area contributed by atoms with Gasteiger partial charge in [0.05, 0.1) is 5.56 Å². The standard InChI is InChI=1S/C8H6F4O4/c1-5-2-3-6(7(4-5)13-9)8(14-10,15-11)16-12/h2-4H,1H3. The molecule has 1 rings (SSSR count). The topological polar surface area (TPSA) is 36.9 Å². The van der Waals surface area contributed by atoms with Gasteiger partial charge in [-0.1, -0.05) is 6.07 Å². The van der Waals surface area contributed by atoms with Gasteiger partial charge in [0.15, 0.2) is 5.75 Å². The van der Waals surface area contributed by atoms with Crippen LogP contribution in [0.15, 0.2) is 18.2 Å². The number of hydrogen-bond donors (Lipinski definition) is 0. The first-order valence-corrected chi connectivity index (χ1v) is 3.92. The summed E-state index contributed by atoms with van der Waals surface area (Å²) >= 11 is 0. The van der Waals surface area contributed by atoms with Crippen molar-refractivity contribution in [2.24, 2.45) is 0 Å². The van der Waals surface area contributed by atoms with Gasteiger partial charge in [-0.25, -0.2) is 0 Å². The molecule has 0 spiro atoms. The van der Waals surface area contributed by atoms with Crippen LogP contribution < -0.4 is 4.94 Å². The second-order valence-corrected chi connectivity index (χ2v) is 2.86. The Kier molecular flexibility index (Phi) is 4.05. The molecule has 1 aromatic rings. The maximum absolute atomic E-state index is 12.1. The van der Waals surface area contributed by atoms with Crippen LogP contribution in [0, 0.1) is 6.92 Å². The summed E-state index contributed by atoms with van der Waals surface area (Å²) in [7, 11) is 0. The van der Waals surface area contributed by atoms with Crippen molar-refractivity contribution in [2.45, 2.75) is 12.9 Å². The predicted octanol–water partition coefficient (Wildman–Crippen LogP) is 3.07. The number of aryl methyl sites for hydroxylation is 1. The molecule has 4 nitrogen and oxygen atoms in total. The van der Waals surface area contributed by atoms with Crippen molar-refractivity contribution in [3.8, 4) is 5.75 Å². The molecular weight excluding hydrogens is 236 g/mol. The summed E-state index contributed by atoms with van der Waals surface area (Å²) < 4.78 is 48.1. The van der Waals surface area contributed by atoms with Crippen LogP contribution in [0.1, 0.15) is 11.1 Å². The van der Waals surface area contributed by atoms with Crippen molar-refractivity contribution >= 4 is 0 Å². The minimum Gasteiger partial charge on any atom is -0.294 e. The lowest BCUT2D eigenvalue weighted by Gasteiger charge is -2.19. The average Bonchev–Trinajstić information content (AvgIpc) is 2.33. The Morgan fingerprint density at radius 1 is 1.00 bits per heavy atom. The molecule has 0 heterocycles. The lowest BCUT2D eigenvalue weighted by molar-refractivity contribution is -0.560. The van der Waals surface area contributed by atoms with E-state index in [1.807, 2.05) is 0 Å². The zero-order valence-corrected chi connectivity index (χ0v) is 7.88. The minimum atomic E-state index is -3.46. The number of benzene rings is 1. The normalized spacial score (nSPS) is 11.6. The minimum absolute atomic E-state index is 0.488. The first-order valence-electron chi connectivity index (χ1n) is 3.92. The largest absolute Gasteiger partial charge is 0.411 e. The maximum atomic E-state index is 12.1. The Bertz CT molecular complexity index is 348. The van der Waals surface area contributed by atoms with Gasteiger partial charge in [-0.15, -0.1) is 14.8 Å². The SMILES string of the molecule is Cc1ccc(C(OF)(OF)OF)c(OF)c1. The molecule has 0 saturated carbocycles. The zero-order chi connectivity index (χ0) is 12.2. The third-order valence-corrected chi connectivity index (χ3v) is 1.85. The third kappa shape index (κ3) is 2.08. The lowest BCUT2D eigenvalue weighted by Crippen LogP contribution is -2.29. The smallest absolute Gasteiger partial charge is 0.294 e. The van der Waals surface area contributed by atoms with E-state index in [2.05, 4.69) is 19.8 Å². The fourth-order valence-electron chi connectivity index (χ4n) is 1.11. The Morgan fingerprint density at radius 3 is 2.00 bits per heavy atom. The summed E-state index contributed by atoms with van der Waals surface area (Å²) in [5, 5.41) is 0. The van der Waals surface area contributed by atoms with E-state index < -0.39 is 17.3 Å². The van der Waals surface area contributed by atoms with Gasteiger partial charge in [0.1, 0.15) is 0 Å². The quantitative estimate of drug-likeness (QED) is 0.587. The number of hydrogen-bond acceptors (Lipinski definition) is 4. The highest BCUT2D eigenvalue weighted by Gasteiger charge is 2.45. The summed E-state index contributed by atoms with van der Waals surface area (Å²) in [4.78, 5) is 11.9. The molecule has 8 heteroatoms. The third-order valence-electron chi connectivity index (χ3n) is 1.85. The molecule has 0 amide bonds. The van der Waals surface area contributed by atoms with Crippen molar-refractivity contribution in [1.82, 2.24) is 0 Å². The molecule has 0 aliphatic rings. The van der Waals surface area contributed by atoms with E-state index in [-0.39, 0.29) is 0 Å². The number of rotatable bonds is 5. The fraction of sp³-hybridized carbons (Fsp3) is 0.250. The Hall–Kier alpha value is -1.38. The van der Waals surface area contributed by atoms with Gasteiger partial charge in [0.2, 0.25) is 0 Å². The van der Waals surface area contributed by atoms with Crippen LogP contribution in [-0.2, 0) is 20.8 Å². The summed E-state index contributed by atoms with van der Waals surface area (Å²) in [5.74, 6) is -4.18. The zero-order valence-electron chi connectivity index (χ0n) is 7.88. The molecule has 16 heavy (non-hydrogen) atoms. The van der Waals surface area contributed by atoms with E-state index in [1.165, 1.54) is 13.0 Å². The molecule has 0 aliphatic carbocycles. The average molecular weight is 242 g/mol. The van der Waals surface area contributed by atoms with Crippen LogP contribution in [0.4, 0.5) is 18.1 Å². The molecule has 0 fully saturated rings. The first-order chi connectivity index (χ1) is 7.63. The van der Waals surface area contributed by atoms with Crippen molar-refractivity contribution in [1.29, 1.82) is 0 Å². The summed E-state index contributed by atoms with van der Waals surface area (Å²) in [6, 6.07) is 3.22. The van der Waals surface area contributed by atoms with E-state index >= 15 is 0 Å². The maximum Gasteiger partial charge on any atom is 0.411 e. The molecule has 0 radical (unpaired) electrons.